The van der Waals surface area contributed by atoms with Crippen LogP contribution in [0.1, 0.15) is 10.4 Å². The highest BCUT2D eigenvalue weighted by Gasteiger charge is 2.23. The van der Waals surface area contributed by atoms with Crippen molar-refractivity contribution in [2.75, 3.05) is 6.79 Å². The Hall–Kier alpha value is -1.91. The van der Waals surface area contributed by atoms with Gasteiger partial charge < -0.3 is 20.3 Å². The zero-order chi connectivity index (χ0) is 9.42. The van der Waals surface area contributed by atoms with E-state index in [2.05, 4.69) is 0 Å². The molecule has 0 radical (unpaired) electrons. The van der Waals surface area contributed by atoms with Crippen LogP contribution < -0.4 is 15.2 Å². The Kier molecular flexibility index (Phi) is 1.51. The molecule has 68 valence electrons. The number of hydrogen-bond acceptors (Lipinski definition) is 4. The van der Waals surface area contributed by atoms with Gasteiger partial charge in [0, 0.05) is 0 Å². The van der Waals surface area contributed by atoms with Gasteiger partial charge in [-0.25, -0.2) is 0 Å². The fraction of sp³-hybridized carbons (Fsp3) is 0.125. The fourth-order valence-electron chi connectivity index (χ4n) is 1.20. The van der Waals surface area contributed by atoms with E-state index in [0.29, 0.717) is 5.75 Å². The van der Waals surface area contributed by atoms with Gasteiger partial charge in [0.05, 0.1) is 0 Å². The van der Waals surface area contributed by atoms with Crippen LogP contribution in [0.5, 0.6) is 17.2 Å². The molecule has 0 fully saturated rings. The smallest absolute Gasteiger partial charge is 0.256 e. The molecule has 13 heavy (non-hydrogen) atoms. The normalized spacial score (nSPS) is 12.9. The largest absolute Gasteiger partial charge is 0.507 e. The molecule has 0 unspecified atom stereocenters. The summed E-state index contributed by atoms with van der Waals surface area (Å²) in [5, 5.41) is 9.31. The van der Waals surface area contributed by atoms with E-state index < -0.39 is 5.91 Å². The van der Waals surface area contributed by atoms with E-state index in [9.17, 15) is 9.90 Å². The predicted octanol–water partition coefficient (Wildman–Crippen LogP) is 0.220. The van der Waals surface area contributed by atoms with Gasteiger partial charge in [0.1, 0.15) is 11.3 Å². The molecular weight excluding hydrogens is 174 g/mol. The Balaban J connectivity index is 2.65. The number of ether oxygens (including phenoxy) is 2. The minimum Gasteiger partial charge on any atom is -0.507 e. The third-order valence-electron chi connectivity index (χ3n) is 1.76. The molecule has 1 aromatic rings. The molecule has 5 nitrogen and oxygen atoms in total. The standard InChI is InChI=1S/C8H7NO4/c9-8(11)6-4(10)1-2-5-7(6)13-3-12-5/h1-2,10H,3H2,(H2,9,11). The second-order valence-corrected chi connectivity index (χ2v) is 2.56. The van der Waals surface area contributed by atoms with Crippen molar-refractivity contribution in [3.8, 4) is 17.2 Å². The highest BCUT2D eigenvalue weighted by Crippen LogP contribution is 2.39. The van der Waals surface area contributed by atoms with Gasteiger partial charge in [-0.05, 0) is 12.1 Å². The van der Waals surface area contributed by atoms with Crippen molar-refractivity contribution in [1.82, 2.24) is 0 Å². The van der Waals surface area contributed by atoms with E-state index >= 15 is 0 Å². The molecule has 5 heteroatoms. The van der Waals surface area contributed by atoms with E-state index in [-0.39, 0.29) is 23.9 Å². The Bertz CT molecular complexity index is 375. The van der Waals surface area contributed by atoms with Crippen LogP contribution in [-0.4, -0.2) is 17.8 Å². The summed E-state index contributed by atoms with van der Waals surface area (Å²) < 4.78 is 9.99. The van der Waals surface area contributed by atoms with E-state index in [1.54, 1.807) is 0 Å². The van der Waals surface area contributed by atoms with Gasteiger partial charge in [-0.1, -0.05) is 0 Å². The molecule has 0 saturated heterocycles. The first-order chi connectivity index (χ1) is 6.20. The third kappa shape index (κ3) is 1.05. The number of amides is 1. The zero-order valence-electron chi connectivity index (χ0n) is 6.61. The number of primary amides is 1. The van der Waals surface area contributed by atoms with Crippen molar-refractivity contribution in [3.05, 3.63) is 17.7 Å². The highest BCUT2D eigenvalue weighted by atomic mass is 16.7. The molecule has 1 aromatic carbocycles. The van der Waals surface area contributed by atoms with Crippen LogP contribution in [-0.2, 0) is 0 Å². The Morgan fingerprint density at radius 2 is 2.23 bits per heavy atom. The lowest BCUT2D eigenvalue weighted by molar-refractivity contribution is 0.0993. The van der Waals surface area contributed by atoms with Gasteiger partial charge in [-0.2, -0.15) is 0 Å². The number of hydrogen-bond donors (Lipinski definition) is 2. The van der Waals surface area contributed by atoms with Gasteiger partial charge in [0.2, 0.25) is 6.79 Å². The summed E-state index contributed by atoms with van der Waals surface area (Å²) in [6, 6.07) is 2.86. The van der Waals surface area contributed by atoms with Gasteiger partial charge in [0.25, 0.3) is 5.91 Å². The average Bonchev–Trinajstić information content (AvgIpc) is 2.50. The molecule has 0 saturated carbocycles. The number of phenols is 1. The number of fused-ring (bicyclic) bond motifs is 1. The van der Waals surface area contributed by atoms with Crippen LogP contribution in [0.15, 0.2) is 12.1 Å². The molecule has 2 rings (SSSR count). The maximum Gasteiger partial charge on any atom is 0.256 e. The maximum atomic E-state index is 10.9. The van der Waals surface area contributed by atoms with Crippen molar-refractivity contribution in [1.29, 1.82) is 0 Å². The Labute approximate surface area is 73.7 Å². The van der Waals surface area contributed by atoms with Crippen LogP contribution in [0.2, 0.25) is 0 Å². The summed E-state index contributed by atoms with van der Waals surface area (Å²) in [5.74, 6) is -0.296. The lowest BCUT2D eigenvalue weighted by Gasteiger charge is -2.03. The Morgan fingerprint density at radius 3 is 2.92 bits per heavy atom. The molecule has 1 aliphatic rings. The van der Waals surface area contributed by atoms with Crippen LogP contribution in [0.4, 0.5) is 0 Å². The predicted molar refractivity (Wildman–Crippen MR) is 42.7 cm³/mol. The Morgan fingerprint density at radius 1 is 1.46 bits per heavy atom. The first-order valence-corrected chi connectivity index (χ1v) is 3.61. The number of benzene rings is 1. The molecule has 0 aromatic heterocycles. The van der Waals surface area contributed by atoms with Crippen LogP contribution in [0.25, 0.3) is 0 Å². The number of rotatable bonds is 1. The summed E-state index contributed by atoms with van der Waals surface area (Å²) in [4.78, 5) is 10.9. The minimum atomic E-state index is -0.736. The summed E-state index contributed by atoms with van der Waals surface area (Å²) in [7, 11) is 0. The molecule has 1 heterocycles. The molecule has 1 amide bonds. The summed E-state index contributed by atoms with van der Waals surface area (Å²) in [6.07, 6.45) is 0. The summed E-state index contributed by atoms with van der Waals surface area (Å²) in [6.45, 7) is 0.0407. The fourth-order valence-corrected chi connectivity index (χ4v) is 1.20. The molecular formula is C8H7NO4. The van der Waals surface area contributed by atoms with E-state index in [0.717, 1.165) is 0 Å². The van der Waals surface area contributed by atoms with Gasteiger partial charge in [0.15, 0.2) is 11.5 Å². The second-order valence-electron chi connectivity index (χ2n) is 2.56. The number of nitrogens with two attached hydrogens (primary N) is 1. The molecule has 0 spiro atoms. The maximum absolute atomic E-state index is 10.9. The van der Waals surface area contributed by atoms with Crippen molar-refractivity contribution in [3.63, 3.8) is 0 Å². The van der Waals surface area contributed by atoms with Crippen molar-refractivity contribution < 1.29 is 19.4 Å². The van der Waals surface area contributed by atoms with Crippen LogP contribution >= 0.6 is 0 Å². The molecule has 0 atom stereocenters. The monoisotopic (exact) mass is 181 g/mol. The van der Waals surface area contributed by atoms with E-state index in [1.807, 2.05) is 0 Å². The lowest BCUT2D eigenvalue weighted by atomic mass is 10.1. The molecule has 1 aliphatic heterocycles. The van der Waals surface area contributed by atoms with Crippen molar-refractivity contribution in [2.45, 2.75) is 0 Å². The van der Waals surface area contributed by atoms with Crippen LogP contribution in [0, 0.1) is 0 Å². The molecule has 3 N–H and O–H groups in total. The first kappa shape index (κ1) is 7.72. The van der Waals surface area contributed by atoms with Gasteiger partial charge in [-0.3, -0.25) is 4.79 Å². The highest BCUT2D eigenvalue weighted by molar-refractivity contribution is 5.99. The van der Waals surface area contributed by atoms with E-state index in [1.165, 1.54) is 12.1 Å². The lowest BCUT2D eigenvalue weighted by Crippen LogP contribution is -2.12. The first-order valence-electron chi connectivity index (χ1n) is 3.61. The van der Waals surface area contributed by atoms with Gasteiger partial charge >= 0.3 is 0 Å². The van der Waals surface area contributed by atoms with Gasteiger partial charge in [-0.15, -0.1) is 0 Å². The quantitative estimate of drug-likeness (QED) is 0.649. The summed E-state index contributed by atoms with van der Waals surface area (Å²) >= 11 is 0. The molecule has 0 aliphatic carbocycles. The minimum absolute atomic E-state index is 0.0324. The topological polar surface area (TPSA) is 81.8 Å². The third-order valence-corrected chi connectivity index (χ3v) is 1.76. The zero-order valence-corrected chi connectivity index (χ0v) is 6.61. The number of aromatic hydroxyl groups is 1. The van der Waals surface area contributed by atoms with Crippen molar-refractivity contribution in [2.24, 2.45) is 5.73 Å². The number of carbonyl (C=O) groups is 1. The van der Waals surface area contributed by atoms with Crippen LogP contribution in [0.3, 0.4) is 0 Å². The molecule has 0 bridgehead atoms. The SMILES string of the molecule is NC(=O)c1c(O)ccc2c1OCO2. The van der Waals surface area contributed by atoms with Crippen molar-refractivity contribution >= 4 is 5.91 Å². The average molecular weight is 181 g/mol. The number of carbonyl (C=O) groups excluding carboxylic acids is 1. The second kappa shape index (κ2) is 2.55. The summed E-state index contributed by atoms with van der Waals surface area (Å²) in [5.41, 5.74) is 5.02. The van der Waals surface area contributed by atoms with E-state index in [4.69, 9.17) is 15.2 Å².